The van der Waals surface area contributed by atoms with Crippen molar-refractivity contribution in [1.82, 2.24) is 10.2 Å². The smallest absolute Gasteiger partial charge is 0.294 e. The second-order valence-electron chi connectivity index (χ2n) is 4.94. The minimum Gasteiger partial charge on any atom is -0.351 e. The van der Waals surface area contributed by atoms with Crippen molar-refractivity contribution in [2.75, 3.05) is 31.6 Å². The molecule has 21 heavy (non-hydrogen) atoms. The fourth-order valence-corrected chi connectivity index (χ4v) is 2.38. The number of carbonyl (C=O) groups is 1. The predicted octanol–water partition coefficient (Wildman–Crippen LogP) is 0.706. The van der Waals surface area contributed by atoms with Crippen LogP contribution in [0.2, 0.25) is 0 Å². The highest BCUT2D eigenvalue weighted by Gasteiger charge is 2.17. The number of nitrogens with two attached hydrogens (primary N) is 1. The number of hydrogen-bond donors (Lipinski definition) is 3. The SMILES string of the molecule is NNc1ccc(C(=O)NCCN2CCCC2)cc1[N+](=O)[O-]. The maximum Gasteiger partial charge on any atom is 0.294 e. The van der Waals surface area contributed by atoms with Crippen LogP contribution >= 0.6 is 0 Å². The zero-order chi connectivity index (χ0) is 15.2. The zero-order valence-corrected chi connectivity index (χ0v) is 11.7. The van der Waals surface area contributed by atoms with Gasteiger partial charge in [-0.1, -0.05) is 0 Å². The van der Waals surface area contributed by atoms with Gasteiger partial charge in [-0.3, -0.25) is 20.8 Å². The summed E-state index contributed by atoms with van der Waals surface area (Å²) in [6.07, 6.45) is 2.40. The number of likely N-dealkylation sites (tertiary alicyclic amines) is 1. The van der Waals surface area contributed by atoms with Crippen LogP contribution in [0.5, 0.6) is 0 Å². The van der Waals surface area contributed by atoms with Crippen LogP contribution in [0.15, 0.2) is 18.2 Å². The zero-order valence-electron chi connectivity index (χ0n) is 11.7. The van der Waals surface area contributed by atoms with Crippen molar-refractivity contribution in [1.29, 1.82) is 0 Å². The van der Waals surface area contributed by atoms with Gasteiger partial charge in [-0.2, -0.15) is 0 Å². The Morgan fingerprint density at radius 2 is 2.10 bits per heavy atom. The Balaban J connectivity index is 1.95. The van der Waals surface area contributed by atoms with Gasteiger partial charge in [-0.15, -0.1) is 0 Å². The van der Waals surface area contributed by atoms with Crippen molar-refractivity contribution in [2.45, 2.75) is 12.8 Å². The van der Waals surface area contributed by atoms with E-state index in [0.717, 1.165) is 19.6 Å². The fourth-order valence-electron chi connectivity index (χ4n) is 2.38. The van der Waals surface area contributed by atoms with E-state index in [1.807, 2.05) is 0 Å². The van der Waals surface area contributed by atoms with Crippen LogP contribution in [-0.4, -0.2) is 41.9 Å². The van der Waals surface area contributed by atoms with E-state index in [1.165, 1.54) is 31.0 Å². The topological polar surface area (TPSA) is 114 Å². The van der Waals surface area contributed by atoms with Gasteiger partial charge in [0.25, 0.3) is 11.6 Å². The first kappa shape index (κ1) is 15.2. The molecule has 0 spiro atoms. The molecule has 1 aromatic carbocycles. The van der Waals surface area contributed by atoms with Crippen LogP contribution in [0.3, 0.4) is 0 Å². The Hall–Kier alpha value is -2.19. The summed E-state index contributed by atoms with van der Waals surface area (Å²) < 4.78 is 0. The number of nitrogens with one attached hydrogen (secondary N) is 2. The van der Waals surface area contributed by atoms with E-state index < -0.39 is 4.92 Å². The molecule has 1 saturated heterocycles. The molecule has 0 atom stereocenters. The van der Waals surface area contributed by atoms with Gasteiger partial charge in [0.1, 0.15) is 5.69 Å². The number of hydrogen-bond acceptors (Lipinski definition) is 6. The Morgan fingerprint density at radius 3 is 2.71 bits per heavy atom. The number of nitrogens with zero attached hydrogens (tertiary/aromatic N) is 2. The van der Waals surface area contributed by atoms with Crippen molar-refractivity contribution in [2.24, 2.45) is 5.84 Å². The van der Waals surface area contributed by atoms with Gasteiger partial charge in [0.05, 0.1) is 4.92 Å². The molecule has 2 rings (SSSR count). The van der Waals surface area contributed by atoms with E-state index in [2.05, 4.69) is 15.6 Å². The third kappa shape index (κ3) is 3.89. The molecule has 8 heteroatoms. The van der Waals surface area contributed by atoms with Gasteiger partial charge in [-0.25, -0.2) is 0 Å². The Bertz CT molecular complexity index is 529. The van der Waals surface area contributed by atoms with E-state index in [9.17, 15) is 14.9 Å². The molecule has 1 heterocycles. The van der Waals surface area contributed by atoms with E-state index in [-0.39, 0.29) is 22.8 Å². The molecule has 0 unspecified atom stereocenters. The van der Waals surface area contributed by atoms with Crippen LogP contribution in [0.4, 0.5) is 11.4 Å². The van der Waals surface area contributed by atoms with Crippen LogP contribution in [0.1, 0.15) is 23.2 Å². The third-order valence-corrected chi connectivity index (χ3v) is 3.52. The van der Waals surface area contributed by atoms with Gasteiger partial charge < -0.3 is 15.6 Å². The molecule has 0 bridgehead atoms. The van der Waals surface area contributed by atoms with Crippen molar-refractivity contribution >= 4 is 17.3 Å². The lowest BCUT2D eigenvalue weighted by atomic mass is 10.1. The standard InChI is InChI=1S/C13H19N5O3/c14-16-11-4-3-10(9-12(11)18(20)21)13(19)15-5-8-17-6-1-2-7-17/h3-4,9,16H,1-2,5-8,14H2,(H,15,19). The molecule has 0 radical (unpaired) electrons. The fraction of sp³-hybridized carbons (Fsp3) is 0.462. The number of nitro groups is 1. The quantitative estimate of drug-likeness (QED) is 0.404. The minimum absolute atomic E-state index is 0.175. The lowest BCUT2D eigenvalue weighted by Gasteiger charge is -2.14. The first-order chi connectivity index (χ1) is 10.1. The number of nitrogen functional groups attached to an aromatic ring is 1. The molecule has 0 aliphatic carbocycles. The summed E-state index contributed by atoms with van der Waals surface area (Å²) in [5, 5.41) is 13.7. The second-order valence-corrected chi connectivity index (χ2v) is 4.94. The van der Waals surface area contributed by atoms with Crippen molar-refractivity contribution < 1.29 is 9.72 Å². The summed E-state index contributed by atoms with van der Waals surface area (Å²) in [5.41, 5.74) is 2.45. The monoisotopic (exact) mass is 293 g/mol. The average molecular weight is 293 g/mol. The number of nitro benzene ring substituents is 1. The minimum atomic E-state index is -0.573. The highest BCUT2D eigenvalue weighted by molar-refractivity contribution is 5.95. The lowest BCUT2D eigenvalue weighted by Crippen LogP contribution is -2.33. The van der Waals surface area contributed by atoms with Crippen molar-refractivity contribution in [3.63, 3.8) is 0 Å². The van der Waals surface area contributed by atoms with Crippen LogP contribution in [0, 0.1) is 10.1 Å². The number of hydrazine groups is 1. The molecule has 1 aliphatic rings. The van der Waals surface area contributed by atoms with Crippen LogP contribution < -0.4 is 16.6 Å². The molecular formula is C13H19N5O3. The van der Waals surface area contributed by atoms with E-state index >= 15 is 0 Å². The number of carbonyl (C=O) groups excluding carboxylic acids is 1. The molecular weight excluding hydrogens is 274 g/mol. The molecule has 114 valence electrons. The second kappa shape index (κ2) is 7.00. The number of amides is 1. The summed E-state index contributed by atoms with van der Waals surface area (Å²) in [7, 11) is 0. The van der Waals surface area contributed by atoms with Crippen molar-refractivity contribution in [3.8, 4) is 0 Å². The number of anilines is 1. The third-order valence-electron chi connectivity index (χ3n) is 3.52. The number of benzene rings is 1. The first-order valence-electron chi connectivity index (χ1n) is 6.87. The molecule has 1 amide bonds. The molecule has 8 nitrogen and oxygen atoms in total. The molecule has 1 aliphatic heterocycles. The number of rotatable bonds is 6. The Kier molecular flexibility index (Phi) is 5.07. The first-order valence-corrected chi connectivity index (χ1v) is 6.87. The summed E-state index contributed by atoms with van der Waals surface area (Å²) >= 11 is 0. The average Bonchev–Trinajstić information content (AvgIpc) is 2.99. The van der Waals surface area contributed by atoms with Gasteiger partial charge in [0, 0.05) is 24.7 Å². The van der Waals surface area contributed by atoms with Gasteiger partial charge >= 0.3 is 0 Å². The largest absolute Gasteiger partial charge is 0.351 e. The maximum absolute atomic E-state index is 12.0. The van der Waals surface area contributed by atoms with Gasteiger partial charge in [-0.05, 0) is 38.1 Å². The molecule has 0 saturated carbocycles. The van der Waals surface area contributed by atoms with E-state index in [4.69, 9.17) is 5.84 Å². The summed E-state index contributed by atoms with van der Waals surface area (Å²) in [6.45, 7) is 3.47. The van der Waals surface area contributed by atoms with E-state index in [1.54, 1.807) is 0 Å². The highest BCUT2D eigenvalue weighted by Crippen LogP contribution is 2.24. The van der Waals surface area contributed by atoms with Crippen molar-refractivity contribution in [3.05, 3.63) is 33.9 Å². The molecule has 0 aromatic heterocycles. The normalized spacial score (nSPS) is 14.9. The van der Waals surface area contributed by atoms with E-state index in [0.29, 0.717) is 6.54 Å². The van der Waals surface area contributed by atoms with Gasteiger partial charge in [0.2, 0.25) is 0 Å². The summed E-state index contributed by atoms with van der Waals surface area (Å²) in [5.74, 6) is 4.89. The summed E-state index contributed by atoms with van der Waals surface area (Å²) in [6, 6.07) is 4.15. The van der Waals surface area contributed by atoms with Crippen LogP contribution in [-0.2, 0) is 0 Å². The summed E-state index contributed by atoms with van der Waals surface area (Å²) in [4.78, 5) is 24.6. The van der Waals surface area contributed by atoms with Crippen LogP contribution in [0.25, 0.3) is 0 Å². The maximum atomic E-state index is 12.0. The lowest BCUT2D eigenvalue weighted by molar-refractivity contribution is -0.384. The molecule has 1 aromatic rings. The molecule has 4 N–H and O–H groups in total. The predicted molar refractivity (Wildman–Crippen MR) is 78.9 cm³/mol. The Labute approximate surface area is 122 Å². The van der Waals surface area contributed by atoms with Gasteiger partial charge in [0.15, 0.2) is 0 Å². The highest BCUT2D eigenvalue weighted by atomic mass is 16.6. The Morgan fingerprint density at radius 1 is 1.38 bits per heavy atom. The molecule has 1 fully saturated rings.